The summed E-state index contributed by atoms with van der Waals surface area (Å²) in [5.74, 6) is 0.0517. The lowest BCUT2D eigenvalue weighted by Gasteiger charge is -2.26. The zero-order valence-electron chi connectivity index (χ0n) is 23.8. The molecule has 5 heterocycles. The van der Waals surface area contributed by atoms with Crippen LogP contribution in [0.15, 0.2) is 22.2 Å². The van der Waals surface area contributed by atoms with Gasteiger partial charge in [0.25, 0.3) is 5.56 Å². The van der Waals surface area contributed by atoms with E-state index in [1.54, 1.807) is 20.8 Å². The zero-order chi connectivity index (χ0) is 31.8. The lowest BCUT2D eigenvalue weighted by molar-refractivity contribution is -0.0732. The van der Waals surface area contributed by atoms with Gasteiger partial charge in [-0.1, -0.05) is 0 Å². The molecule has 2 aliphatic rings. The highest BCUT2D eigenvalue weighted by molar-refractivity contribution is 7.47. The third-order valence-corrected chi connectivity index (χ3v) is 7.98. The quantitative estimate of drug-likeness (QED) is 0.135. The minimum atomic E-state index is -4.96. The molecule has 0 amide bonds. The smallest absolute Gasteiger partial charge is 0.394 e. The van der Waals surface area contributed by atoms with E-state index in [1.165, 1.54) is 10.9 Å². The number of aromatic amines is 1. The highest BCUT2D eigenvalue weighted by Crippen LogP contribution is 2.49. The Morgan fingerprint density at radius 2 is 1.68 bits per heavy atom. The molecule has 2 fully saturated rings. The number of nitrogens with two attached hydrogens (primary N) is 1. The van der Waals surface area contributed by atoms with E-state index >= 15 is 0 Å². The molecule has 0 aromatic carbocycles. The van der Waals surface area contributed by atoms with E-state index in [0.29, 0.717) is 5.82 Å². The largest absolute Gasteiger partial charge is 0.472 e. The van der Waals surface area contributed by atoms with Crippen molar-refractivity contribution >= 4 is 24.9 Å². The topological polar surface area (TPSA) is 271 Å². The van der Waals surface area contributed by atoms with Gasteiger partial charge in [-0.2, -0.15) is 4.98 Å². The number of hydrogen-bond acceptors (Lipinski definition) is 16. The number of imidazole rings is 1. The molecule has 5 rings (SSSR count). The van der Waals surface area contributed by atoms with Crippen molar-refractivity contribution in [2.75, 3.05) is 32.2 Å². The fraction of sp³-hybridized carbons (Fsp3) is 0.652. The average Bonchev–Trinajstić information content (AvgIpc) is 3.62. The highest BCUT2D eigenvalue weighted by atomic mass is 31.2. The number of nitrogen functional groups attached to an aromatic ring is 1. The van der Waals surface area contributed by atoms with Crippen LogP contribution < -0.4 is 17.0 Å². The van der Waals surface area contributed by atoms with Gasteiger partial charge in [0.1, 0.15) is 48.8 Å². The predicted molar refractivity (Wildman–Crippen MR) is 146 cm³/mol. The van der Waals surface area contributed by atoms with Gasteiger partial charge in [0.15, 0.2) is 23.6 Å². The third kappa shape index (κ3) is 6.31. The van der Waals surface area contributed by atoms with Gasteiger partial charge in [-0.15, -0.1) is 0 Å². The number of nitrogens with zero attached hydrogens (tertiary/aromatic N) is 6. The average molecular weight is 645 g/mol. The molecule has 20 nitrogen and oxygen atoms in total. The van der Waals surface area contributed by atoms with Crippen molar-refractivity contribution in [2.24, 2.45) is 0 Å². The molecular weight excluding hydrogens is 611 g/mol. The minimum Gasteiger partial charge on any atom is -0.394 e. The molecule has 21 heteroatoms. The van der Waals surface area contributed by atoms with Gasteiger partial charge in [-0.3, -0.25) is 23.0 Å². The molecule has 3 aromatic heterocycles. The number of anilines is 1. The Labute approximate surface area is 248 Å². The maximum absolute atomic E-state index is 13.1. The maximum atomic E-state index is 13.1. The molecule has 0 bridgehead atoms. The first-order chi connectivity index (χ1) is 21.0. The number of phosphoric ester groups is 1. The normalized spacial score (nSPS) is 30.2. The Morgan fingerprint density at radius 3 is 2.36 bits per heavy atom. The van der Waals surface area contributed by atoms with Crippen molar-refractivity contribution in [3.63, 3.8) is 0 Å². The molecule has 0 saturated carbocycles. The second kappa shape index (κ2) is 13.1. The first-order valence-electron chi connectivity index (χ1n) is 13.6. The Bertz CT molecular complexity index is 1630. The van der Waals surface area contributed by atoms with E-state index in [-0.39, 0.29) is 30.3 Å². The van der Waals surface area contributed by atoms with Crippen molar-refractivity contribution in [1.82, 2.24) is 34.1 Å². The van der Waals surface area contributed by atoms with E-state index in [4.69, 9.17) is 33.7 Å². The first-order valence-corrected chi connectivity index (χ1v) is 15.1. The van der Waals surface area contributed by atoms with E-state index in [1.807, 2.05) is 0 Å². The van der Waals surface area contributed by atoms with E-state index in [0.717, 1.165) is 10.9 Å². The summed E-state index contributed by atoms with van der Waals surface area (Å²) in [5, 5.41) is 21.0. The molecule has 0 radical (unpaired) electrons. The lowest BCUT2D eigenvalue weighted by atomic mass is 10.1. The Hall–Kier alpha value is -3.17. The number of ether oxygens (including phenoxy) is 4. The predicted octanol–water partition coefficient (Wildman–Crippen LogP) is -1.88. The number of aryl methyl sites for hydroxylation is 1. The van der Waals surface area contributed by atoms with Gasteiger partial charge >= 0.3 is 13.5 Å². The summed E-state index contributed by atoms with van der Waals surface area (Å²) in [6.07, 6.45) is -7.23. The molecule has 2 aliphatic heterocycles. The van der Waals surface area contributed by atoms with Crippen molar-refractivity contribution in [2.45, 2.75) is 69.9 Å². The number of hydrogen-bond donors (Lipinski definition) is 5. The second-order valence-electron chi connectivity index (χ2n) is 9.86. The highest BCUT2D eigenvalue weighted by Gasteiger charge is 2.51. The van der Waals surface area contributed by atoms with Crippen LogP contribution in [0.2, 0.25) is 0 Å². The van der Waals surface area contributed by atoms with Crippen LogP contribution in [-0.2, 0) is 32.6 Å². The van der Waals surface area contributed by atoms with Gasteiger partial charge in [0.05, 0.1) is 19.5 Å². The van der Waals surface area contributed by atoms with Gasteiger partial charge in [0.2, 0.25) is 5.95 Å². The summed E-state index contributed by atoms with van der Waals surface area (Å²) < 4.78 is 49.2. The van der Waals surface area contributed by atoms with Crippen molar-refractivity contribution in [3.8, 4) is 0 Å². The van der Waals surface area contributed by atoms with Crippen LogP contribution in [0.25, 0.3) is 11.2 Å². The molecule has 44 heavy (non-hydrogen) atoms. The zero-order valence-corrected chi connectivity index (χ0v) is 24.7. The number of fused-ring (bicyclic) bond motifs is 1. The summed E-state index contributed by atoms with van der Waals surface area (Å²) in [5.41, 5.74) is 4.39. The molecule has 6 N–H and O–H groups in total. The number of rotatable bonds is 12. The molecule has 3 unspecified atom stereocenters. The maximum Gasteiger partial charge on any atom is 0.472 e. The van der Waals surface area contributed by atoms with Crippen molar-refractivity contribution in [3.05, 3.63) is 39.3 Å². The standard InChI is InChI=1S/C23H33N8O12P/c1-4-38-16-14(33)12(42-20(16)30-8-25-13-18(30)27-10(3)28-19(13)34)7-40-44(36,37)43-15-11(6-32)41-21(17(15)39-5-2)31-9-26-22(24)29-23(31)35/h8-9,11-12,14-17,20-21,32-33H,4-7H2,1-3H3,(H,36,37)(H2,24,29,35)(H,27,28,34)/t11-,12-,14+,15+,16?,17?,20-,21-/m1/s1. The molecule has 242 valence electrons. The Balaban J connectivity index is 1.32. The summed E-state index contributed by atoms with van der Waals surface area (Å²) >= 11 is 0. The molecular formula is C23H33N8O12P. The van der Waals surface area contributed by atoms with E-state index < -0.39 is 81.4 Å². The number of aliphatic hydroxyl groups is 2. The van der Waals surface area contributed by atoms with Crippen molar-refractivity contribution < 1.29 is 47.7 Å². The van der Waals surface area contributed by atoms with Crippen LogP contribution in [0.3, 0.4) is 0 Å². The molecule has 2 saturated heterocycles. The van der Waals surface area contributed by atoms with Gasteiger partial charge in [0, 0.05) is 13.2 Å². The lowest BCUT2D eigenvalue weighted by Crippen LogP contribution is -2.40. The fourth-order valence-electron chi connectivity index (χ4n) is 5.13. The van der Waals surface area contributed by atoms with E-state index in [2.05, 4.69) is 24.9 Å². The number of H-pyrrole nitrogens is 1. The molecule has 9 atom stereocenters. The van der Waals surface area contributed by atoms with Crippen LogP contribution in [0, 0.1) is 6.92 Å². The SMILES string of the molecule is CCOC1[C@@H](OP(=O)(O)OC[C@H]2O[C@@H](n3cnc4c(=O)[nH]c(C)nc43)C(OCC)[C@H]2O)[C@@H](CO)O[C@H]1n1cnc(N)nc1=O. The summed E-state index contributed by atoms with van der Waals surface area (Å²) in [7, 11) is -4.96. The second-order valence-corrected chi connectivity index (χ2v) is 11.3. The molecule has 0 aliphatic carbocycles. The fourth-order valence-corrected chi connectivity index (χ4v) is 6.09. The number of aromatic nitrogens is 7. The molecule has 3 aromatic rings. The Morgan fingerprint density at radius 1 is 1.02 bits per heavy atom. The van der Waals surface area contributed by atoms with Crippen LogP contribution >= 0.6 is 7.82 Å². The molecule has 0 spiro atoms. The monoisotopic (exact) mass is 644 g/mol. The van der Waals surface area contributed by atoms with Gasteiger partial charge < -0.3 is 44.8 Å². The Kier molecular flexibility index (Phi) is 9.56. The van der Waals surface area contributed by atoms with Crippen LogP contribution in [-0.4, -0.2) is 112 Å². The first kappa shape index (κ1) is 32.2. The van der Waals surface area contributed by atoms with Crippen LogP contribution in [0.4, 0.5) is 5.95 Å². The summed E-state index contributed by atoms with van der Waals surface area (Å²) in [6.45, 7) is 3.88. The summed E-state index contributed by atoms with van der Waals surface area (Å²) in [4.78, 5) is 53.7. The van der Waals surface area contributed by atoms with Crippen molar-refractivity contribution in [1.29, 1.82) is 0 Å². The van der Waals surface area contributed by atoms with Crippen LogP contribution in [0.1, 0.15) is 32.1 Å². The van der Waals surface area contributed by atoms with Crippen LogP contribution in [0.5, 0.6) is 0 Å². The minimum absolute atomic E-state index is 0.0454. The number of aliphatic hydroxyl groups excluding tert-OH is 2. The third-order valence-electron chi connectivity index (χ3n) is 7.00. The van der Waals surface area contributed by atoms with Gasteiger partial charge in [-0.05, 0) is 20.8 Å². The van der Waals surface area contributed by atoms with E-state index in [9.17, 15) is 29.3 Å². The number of phosphoric acid groups is 1. The number of nitrogens with one attached hydrogen (secondary N) is 1. The van der Waals surface area contributed by atoms with Gasteiger partial charge in [-0.25, -0.2) is 24.3 Å². The summed E-state index contributed by atoms with van der Waals surface area (Å²) in [6, 6.07) is 0.